The highest BCUT2D eigenvalue weighted by atomic mass is 16.6. The summed E-state index contributed by atoms with van der Waals surface area (Å²) >= 11 is 0. The highest BCUT2D eigenvalue weighted by Crippen LogP contribution is 2.43. The van der Waals surface area contributed by atoms with Crippen LogP contribution in [0.25, 0.3) is 11.0 Å². The number of amides is 1. The third kappa shape index (κ3) is 6.04. The average Bonchev–Trinajstić information content (AvgIpc) is 3.70. The van der Waals surface area contributed by atoms with Gasteiger partial charge in [-0.1, -0.05) is 68.4 Å². The molecule has 5 aromatic rings. The Labute approximate surface area is 267 Å². The second-order valence-electron chi connectivity index (χ2n) is 11.5. The number of benzene rings is 3. The van der Waals surface area contributed by atoms with Gasteiger partial charge in [-0.2, -0.15) is 0 Å². The number of carbonyl (C=O) groups excluding carboxylic acids is 1. The smallest absolute Gasteiger partial charge is 0.228 e. The predicted octanol–water partition coefficient (Wildman–Crippen LogP) is 5.10. The van der Waals surface area contributed by atoms with Crippen molar-refractivity contribution in [3.8, 4) is 11.5 Å². The van der Waals surface area contributed by atoms with Crippen LogP contribution in [0.2, 0.25) is 0 Å². The fourth-order valence-corrected chi connectivity index (χ4v) is 5.67. The van der Waals surface area contributed by atoms with Gasteiger partial charge in [-0.3, -0.25) is 4.79 Å². The Bertz CT molecular complexity index is 1730. The molecule has 3 atom stereocenters. The Morgan fingerprint density at radius 3 is 2.15 bits per heavy atom. The topological polar surface area (TPSA) is 130 Å². The third-order valence-corrected chi connectivity index (χ3v) is 8.24. The summed E-state index contributed by atoms with van der Waals surface area (Å²) in [5, 5.41) is 19.2. The first-order valence-electron chi connectivity index (χ1n) is 15.1. The van der Waals surface area contributed by atoms with Gasteiger partial charge in [0.15, 0.2) is 11.9 Å². The number of hydrogen-bond acceptors (Lipinski definition) is 9. The lowest BCUT2D eigenvalue weighted by molar-refractivity contribution is -0.118. The number of aliphatic hydroxyl groups is 1. The van der Waals surface area contributed by atoms with E-state index in [0.29, 0.717) is 16.9 Å². The molecular weight excluding hydrogens is 586 g/mol. The van der Waals surface area contributed by atoms with Crippen LogP contribution in [0.4, 0.5) is 5.82 Å². The number of hydrogen-bond donors (Lipinski definition) is 2. The Morgan fingerprint density at radius 1 is 0.957 bits per heavy atom. The van der Waals surface area contributed by atoms with E-state index in [1.807, 2.05) is 92.7 Å². The van der Waals surface area contributed by atoms with Crippen LogP contribution in [0.1, 0.15) is 43.2 Å². The fraction of sp³-hybridized carbons (Fsp3) is 0.314. The molecule has 0 saturated carbocycles. The zero-order chi connectivity index (χ0) is 32.3. The van der Waals surface area contributed by atoms with Crippen molar-refractivity contribution in [1.82, 2.24) is 19.7 Å². The van der Waals surface area contributed by atoms with Crippen molar-refractivity contribution >= 4 is 22.8 Å². The lowest BCUT2D eigenvalue weighted by atomic mass is 9.80. The molecule has 11 heteroatoms. The summed E-state index contributed by atoms with van der Waals surface area (Å²) in [6.45, 7) is 3.69. The molecule has 1 aliphatic rings. The van der Waals surface area contributed by atoms with Crippen molar-refractivity contribution < 1.29 is 28.8 Å². The van der Waals surface area contributed by atoms with E-state index in [1.165, 1.54) is 6.33 Å². The van der Waals surface area contributed by atoms with E-state index < -0.39 is 24.0 Å². The number of carbonyl (C=O) groups is 1. The molecule has 0 spiro atoms. The lowest BCUT2D eigenvalue weighted by Gasteiger charge is -2.37. The van der Waals surface area contributed by atoms with E-state index in [-0.39, 0.29) is 24.9 Å². The molecule has 6 rings (SSSR count). The number of nitrogens with zero attached hydrogens (tertiary/aromatic N) is 4. The Balaban J connectivity index is 1.31. The Hall–Kier alpha value is -4.84. The number of ether oxygens (including phenoxy) is 4. The minimum atomic E-state index is -1.06. The van der Waals surface area contributed by atoms with Gasteiger partial charge in [-0.15, -0.1) is 5.10 Å². The predicted molar refractivity (Wildman–Crippen MR) is 172 cm³/mol. The van der Waals surface area contributed by atoms with Crippen LogP contribution in [-0.2, 0) is 19.9 Å². The first kappa shape index (κ1) is 31.2. The van der Waals surface area contributed by atoms with Crippen molar-refractivity contribution in [2.75, 3.05) is 26.1 Å². The molecule has 3 heterocycles. The van der Waals surface area contributed by atoms with Gasteiger partial charge in [0.05, 0.1) is 32.3 Å². The highest BCUT2D eigenvalue weighted by molar-refractivity contribution is 5.98. The number of anilines is 1. The van der Waals surface area contributed by atoms with Gasteiger partial charge in [-0.25, -0.2) is 14.6 Å². The fourth-order valence-electron chi connectivity index (χ4n) is 5.67. The van der Waals surface area contributed by atoms with Crippen LogP contribution >= 0.6 is 0 Å². The molecule has 46 heavy (non-hydrogen) atoms. The molecule has 1 fully saturated rings. The normalized spacial score (nSPS) is 18.2. The molecule has 2 aromatic heterocycles. The second kappa shape index (κ2) is 13.3. The summed E-state index contributed by atoms with van der Waals surface area (Å²) in [6, 6.07) is 25.5. The van der Waals surface area contributed by atoms with E-state index in [4.69, 9.17) is 18.9 Å². The van der Waals surface area contributed by atoms with E-state index in [9.17, 15) is 9.90 Å². The van der Waals surface area contributed by atoms with Crippen LogP contribution in [0, 0.1) is 5.92 Å². The Kier molecular flexibility index (Phi) is 8.98. The summed E-state index contributed by atoms with van der Waals surface area (Å²) in [6.07, 6.45) is 1.30. The maximum Gasteiger partial charge on any atom is 0.228 e. The molecule has 1 aliphatic heterocycles. The van der Waals surface area contributed by atoms with Crippen molar-refractivity contribution in [3.63, 3.8) is 0 Å². The molecule has 0 unspecified atom stereocenters. The van der Waals surface area contributed by atoms with Crippen molar-refractivity contribution in [3.05, 3.63) is 108 Å². The number of fused-ring (bicyclic) bond motifs is 1. The zero-order valence-electron chi connectivity index (χ0n) is 26.2. The van der Waals surface area contributed by atoms with Gasteiger partial charge in [0, 0.05) is 18.5 Å². The number of methoxy groups -OCH3 is 2. The molecule has 3 aromatic carbocycles. The molecule has 2 N–H and O–H groups in total. The monoisotopic (exact) mass is 623 g/mol. The molecular formula is C35H37N5O6. The SMILES string of the molecule is COc1ccc(C(OC[C@H]2O[C@H](n3cc4c(NC(=O)C(C)C)ncnc4n3)C[C@@H]2O)(c2ccccc2)c2ccc(OC)cc2)cc1. The lowest BCUT2D eigenvalue weighted by Crippen LogP contribution is -2.38. The minimum Gasteiger partial charge on any atom is -0.497 e. The Morgan fingerprint density at radius 2 is 1.57 bits per heavy atom. The number of aliphatic hydroxyl groups excluding tert-OH is 1. The maximum atomic E-state index is 12.3. The summed E-state index contributed by atoms with van der Waals surface area (Å²) in [5.41, 5.74) is 2.01. The van der Waals surface area contributed by atoms with Gasteiger partial charge >= 0.3 is 0 Å². The molecule has 11 nitrogen and oxygen atoms in total. The standard InChI is InChI=1S/C35H37N5O6/c1-22(2)34(42)38-32-28-19-40(39-33(28)37-21-36-32)31-18-29(41)30(46-31)20-45-35(23-8-6-5-7-9-23,24-10-14-26(43-3)15-11-24)25-12-16-27(44-4)17-13-25/h5-17,19,21-22,29-31,41H,18,20H2,1-4H3,(H,36,37,38,39,42)/t29-,30+,31-/m0/s1. The number of aromatic nitrogens is 4. The van der Waals surface area contributed by atoms with E-state index in [2.05, 4.69) is 20.4 Å². The molecule has 0 aliphatic carbocycles. The van der Waals surface area contributed by atoms with Gasteiger partial charge in [0.25, 0.3) is 0 Å². The maximum absolute atomic E-state index is 12.3. The van der Waals surface area contributed by atoms with Gasteiger partial charge < -0.3 is 29.4 Å². The van der Waals surface area contributed by atoms with Gasteiger partial charge in [0.1, 0.15) is 35.3 Å². The molecule has 1 saturated heterocycles. The third-order valence-electron chi connectivity index (χ3n) is 8.24. The molecule has 0 radical (unpaired) electrons. The van der Waals surface area contributed by atoms with Crippen LogP contribution in [0.3, 0.4) is 0 Å². The highest BCUT2D eigenvalue weighted by Gasteiger charge is 2.42. The first-order chi connectivity index (χ1) is 22.3. The van der Waals surface area contributed by atoms with E-state index >= 15 is 0 Å². The summed E-state index contributed by atoms with van der Waals surface area (Å²) in [5.74, 6) is 1.45. The average molecular weight is 624 g/mol. The van der Waals surface area contributed by atoms with Gasteiger partial charge in [-0.05, 0) is 41.0 Å². The first-order valence-corrected chi connectivity index (χ1v) is 15.1. The quantitative estimate of drug-likeness (QED) is 0.193. The van der Waals surface area contributed by atoms with Crippen LogP contribution in [0.15, 0.2) is 91.4 Å². The molecule has 0 bridgehead atoms. The van der Waals surface area contributed by atoms with Crippen LogP contribution in [-0.4, -0.2) is 63.8 Å². The van der Waals surface area contributed by atoms with Crippen LogP contribution < -0.4 is 14.8 Å². The van der Waals surface area contributed by atoms with Crippen molar-refractivity contribution in [2.24, 2.45) is 5.92 Å². The molecule has 1 amide bonds. The summed E-state index contributed by atoms with van der Waals surface area (Å²) in [7, 11) is 3.26. The molecule has 238 valence electrons. The largest absolute Gasteiger partial charge is 0.497 e. The summed E-state index contributed by atoms with van der Waals surface area (Å²) < 4.78 is 25.8. The summed E-state index contributed by atoms with van der Waals surface area (Å²) in [4.78, 5) is 20.9. The minimum absolute atomic E-state index is 0.0703. The number of rotatable bonds is 11. The van der Waals surface area contributed by atoms with Crippen LogP contribution in [0.5, 0.6) is 11.5 Å². The van der Waals surface area contributed by atoms with E-state index in [1.54, 1.807) is 25.1 Å². The van der Waals surface area contributed by atoms with Crippen molar-refractivity contribution in [1.29, 1.82) is 0 Å². The van der Waals surface area contributed by atoms with Crippen molar-refractivity contribution in [2.45, 2.75) is 44.3 Å². The second-order valence-corrected chi connectivity index (χ2v) is 11.5. The number of nitrogens with one attached hydrogen (secondary N) is 1. The van der Waals surface area contributed by atoms with Gasteiger partial charge in [0.2, 0.25) is 5.91 Å². The van der Waals surface area contributed by atoms with E-state index in [0.717, 1.165) is 28.2 Å². The zero-order valence-corrected chi connectivity index (χ0v) is 26.2.